The van der Waals surface area contributed by atoms with E-state index in [4.69, 9.17) is 26.1 Å². The third-order valence-electron chi connectivity index (χ3n) is 9.70. The van der Waals surface area contributed by atoms with Crippen LogP contribution in [0, 0.1) is 23.7 Å². The monoisotopic (exact) mass is 499 g/mol. The second kappa shape index (κ2) is 8.84. The molecule has 4 saturated carbocycles. The van der Waals surface area contributed by atoms with Gasteiger partial charge >= 0.3 is 0 Å². The third-order valence-corrected chi connectivity index (χ3v) is 9.93. The Bertz CT molecular complexity index is 1060. The molecule has 4 bridgehead atoms. The highest BCUT2D eigenvalue weighted by molar-refractivity contribution is 6.31. The van der Waals surface area contributed by atoms with Crippen LogP contribution in [0.5, 0.6) is 0 Å². The van der Waals surface area contributed by atoms with Gasteiger partial charge in [-0.15, -0.1) is 0 Å². The first kappa shape index (κ1) is 22.7. The molecule has 2 aliphatic heterocycles. The predicted octanol–water partition coefficient (Wildman–Crippen LogP) is 4.01. The van der Waals surface area contributed by atoms with Crippen molar-refractivity contribution in [2.24, 2.45) is 23.7 Å². The SMILES string of the molecule is Clc1ccc2c(NCCCC[NH+]3CCC4(CC3)OOC3(O4)C4CC5CC(C4)CC3C5)cc[nH+]c2c1. The van der Waals surface area contributed by atoms with Gasteiger partial charge in [0.05, 0.1) is 43.5 Å². The standard InChI is InChI=1S/C28H36ClN3O3/c29-23-3-4-24-25(5-9-31-26(24)18-23)30-8-1-2-10-32-11-6-27(7-12-32)33-28(35-34-27)21-14-19-13-20(16-21)17-22(28)15-19/h3-5,9,18-22H,1-2,6-8,10-17H2,(H,30,31)/p+2. The van der Waals surface area contributed by atoms with Gasteiger partial charge in [0, 0.05) is 35.5 Å². The number of unbranched alkanes of at least 4 members (excludes halogenated alkanes) is 1. The molecule has 6 aliphatic rings. The minimum absolute atomic E-state index is 0.429. The summed E-state index contributed by atoms with van der Waals surface area (Å²) in [6.45, 7) is 4.39. The summed E-state index contributed by atoms with van der Waals surface area (Å²) in [6.07, 6.45) is 12.8. The van der Waals surface area contributed by atoms with E-state index in [0.717, 1.165) is 67.0 Å². The van der Waals surface area contributed by atoms with Gasteiger partial charge in [-0.2, -0.15) is 9.78 Å². The lowest BCUT2D eigenvalue weighted by Gasteiger charge is -2.57. The number of fused-ring (bicyclic) bond motifs is 1. The van der Waals surface area contributed by atoms with Crippen molar-refractivity contribution in [3.63, 3.8) is 0 Å². The highest BCUT2D eigenvalue weighted by Crippen LogP contribution is 2.63. The van der Waals surface area contributed by atoms with Gasteiger partial charge in [0.15, 0.2) is 6.20 Å². The normalized spacial score (nSPS) is 39.7. The Morgan fingerprint density at radius 3 is 2.51 bits per heavy atom. The Balaban J connectivity index is 0.876. The number of piperidine rings is 1. The molecule has 0 unspecified atom stereocenters. The number of likely N-dealkylation sites (tertiary alicyclic amines) is 1. The van der Waals surface area contributed by atoms with Crippen LogP contribution in [0.1, 0.15) is 57.8 Å². The quantitative estimate of drug-likeness (QED) is 0.466. The topological polar surface area (TPSA) is 58.3 Å². The van der Waals surface area contributed by atoms with Gasteiger partial charge in [-0.05, 0) is 68.9 Å². The second-order valence-electron chi connectivity index (χ2n) is 11.9. The van der Waals surface area contributed by atoms with Crippen molar-refractivity contribution in [1.29, 1.82) is 0 Å². The van der Waals surface area contributed by atoms with Crippen molar-refractivity contribution in [1.82, 2.24) is 0 Å². The summed E-state index contributed by atoms with van der Waals surface area (Å²) in [5.41, 5.74) is 2.22. The van der Waals surface area contributed by atoms with E-state index in [-0.39, 0.29) is 0 Å². The number of aromatic amines is 1. The number of quaternary nitrogens is 1. The number of halogens is 1. The minimum atomic E-state index is -0.491. The largest absolute Gasteiger partial charge is 0.384 e. The fourth-order valence-corrected chi connectivity index (χ4v) is 8.25. The molecule has 8 rings (SSSR count). The van der Waals surface area contributed by atoms with Gasteiger partial charge in [-0.1, -0.05) is 11.6 Å². The first-order valence-electron chi connectivity index (χ1n) is 13.9. The van der Waals surface area contributed by atoms with Crippen LogP contribution in [-0.4, -0.2) is 37.8 Å². The third kappa shape index (κ3) is 4.06. The molecule has 1 aromatic heterocycles. The van der Waals surface area contributed by atoms with Crippen molar-refractivity contribution in [3.05, 3.63) is 35.5 Å². The molecule has 3 N–H and O–H groups in total. The van der Waals surface area contributed by atoms with Crippen LogP contribution in [0.4, 0.5) is 5.69 Å². The van der Waals surface area contributed by atoms with Crippen LogP contribution in [0.3, 0.4) is 0 Å². The number of hydrogen-bond donors (Lipinski definition) is 2. The van der Waals surface area contributed by atoms with E-state index in [2.05, 4.69) is 22.4 Å². The number of H-pyrrole nitrogens is 1. The zero-order valence-electron chi connectivity index (χ0n) is 20.5. The van der Waals surface area contributed by atoms with Crippen LogP contribution < -0.4 is 15.2 Å². The molecule has 4 aliphatic carbocycles. The fourth-order valence-electron chi connectivity index (χ4n) is 8.08. The second-order valence-corrected chi connectivity index (χ2v) is 12.4. The van der Waals surface area contributed by atoms with E-state index >= 15 is 0 Å². The Labute approximate surface area is 212 Å². The van der Waals surface area contributed by atoms with E-state index in [1.54, 1.807) is 4.90 Å². The Morgan fingerprint density at radius 2 is 1.74 bits per heavy atom. The van der Waals surface area contributed by atoms with E-state index in [1.807, 2.05) is 18.3 Å². The van der Waals surface area contributed by atoms with E-state index in [9.17, 15) is 0 Å². The number of nitrogens with one attached hydrogen (secondary N) is 3. The number of hydrogen-bond acceptors (Lipinski definition) is 4. The Hall–Kier alpha value is -1.44. The summed E-state index contributed by atoms with van der Waals surface area (Å²) in [6, 6.07) is 8.10. The molecule has 0 radical (unpaired) electrons. The number of rotatable bonds is 6. The fraction of sp³-hybridized carbons (Fsp3) is 0.679. The summed E-state index contributed by atoms with van der Waals surface area (Å²) in [4.78, 5) is 17.2. The predicted molar refractivity (Wildman–Crippen MR) is 134 cm³/mol. The van der Waals surface area contributed by atoms with E-state index in [0.29, 0.717) is 11.8 Å². The molecule has 2 spiro atoms. The maximum atomic E-state index is 6.86. The average Bonchev–Trinajstić information content (AvgIpc) is 3.23. The lowest BCUT2D eigenvalue weighted by atomic mass is 9.53. The Morgan fingerprint density at radius 1 is 0.971 bits per heavy atom. The van der Waals surface area contributed by atoms with Crippen molar-refractivity contribution in [3.8, 4) is 0 Å². The molecule has 0 atom stereocenters. The van der Waals surface area contributed by atoms with Gasteiger partial charge in [-0.3, -0.25) is 0 Å². The number of pyridine rings is 1. The van der Waals surface area contributed by atoms with Crippen LogP contribution in [-0.2, 0) is 14.5 Å². The highest BCUT2D eigenvalue weighted by atomic mass is 35.5. The maximum absolute atomic E-state index is 6.86. The zero-order valence-corrected chi connectivity index (χ0v) is 21.2. The van der Waals surface area contributed by atoms with Gasteiger partial charge < -0.3 is 15.0 Å². The summed E-state index contributed by atoms with van der Waals surface area (Å²) < 4.78 is 6.86. The van der Waals surface area contributed by atoms with Crippen molar-refractivity contribution >= 4 is 28.2 Å². The van der Waals surface area contributed by atoms with Gasteiger partial charge in [0.25, 0.3) is 0 Å². The first-order valence-corrected chi connectivity index (χ1v) is 14.2. The molecule has 6 nitrogen and oxygen atoms in total. The van der Waals surface area contributed by atoms with Crippen molar-refractivity contribution < 1.29 is 24.4 Å². The molecule has 1 aromatic carbocycles. The van der Waals surface area contributed by atoms with Crippen LogP contribution in [0.25, 0.3) is 10.9 Å². The summed E-state index contributed by atoms with van der Waals surface area (Å²) in [5, 5.41) is 5.55. The molecule has 3 heterocycles. The molecule has 188 valence electrons. The van der Waals surface area contributed by atoms with Crippen LogP contribution >= 0.6 is 11.6 Å². The van der Waals surface area contributed by atoms with Crippen molar-refractivity contribution in [2.45, 2.75) is 69.4 Å². The van der Waals surface area contributed by atoms with Gasteiger partial charge in [0.1, 0.15) is 0 Å². The molecule has 35 heavy (non-hydrogen) atoms. The maximum Gasteiger partial charge on any atom is 0.215 e. The average molecular weight is 500 g/mol. The van der Waals surface area contributed by atoms with E-state index < -0.39 is 11.6 Å². The minimum Gasteiger partial charge on any atom is -0.384 e. The number of aromatic nitrogens is 1. The van der Waals surface area contributed by atoms with Crippen LogP contribution in [0.2, 0.25) is 5.02 Å². The molecular weight excluding hydrogens is 462 g/mol. The molecule has 6 fully saturated rings. The van der Waals surface area contributed by atoms with E-state index in [1.165, 1.54) is 50.5 Å². The zero-order chi connectivity index (χ0) is 23.5. The van der Waals surface area contributed by atoms with Gasteiger partial charge in [-0.25, -0.2) is 4.98 Å². The molecule has 7 heteroatoms. The molecule has 2 aromatic rings. The Kier molecular flexibility index (Phi) is 5.74. The van der Waals surface area contributed by atoms with Crippen LogP contribution in [0.15, 0.2) is 30.5 Å². The number of ether oxygens (including phenoxy) is 1. The highest BCUT2D eigenvalue weighted by Gasteiger charge is 2.67. The lowest BCUT2D eigenvalue weighted by Crippen LogP contribution is -3.13. The number of benzene rings is 1. The summed E-state index contributed by atoms with van der Waals surface area (Å²) >= 11 is 6.13. The van der Waals surface area contributed by atoms with Gasteiger partial charge in [0.2, 0.25) is 17.1 Å². The number of anilines is 1. The summed E-state index contributed by atoms with van der Waals surface area (Å²) in [7, 11) is 0. The molecule has 0 amide bonds. The molecule has 2 saturated heterocycles. The molecular formula is C28H38ClN3O3+2. The first-order chi connectivity index (χ1) is 17.1. The summed E-state index contributed by atoms with van der Waals surface area (Å²) in [5.74, 6) is 1.99. The lowest BCUT2D eigenvalue weighted by molar-refractivity contribution is -0.909. The smallest absolute Gasteiger partial charge is 0.215 e. The van der Waals surface area contributed by atoms with Crippen molar-refractivity contribution in [2.75, 3.05) is 31.5 Å².